The van der Waals surface area contributed by atoms with Crippen molar-refractivity contribution in [2.24, 2.45) is 0 Å². The lowest BCUT2D eigenvalue weighted by molar-refractivity contribution is 0.386. The number of hydrogen-bond donors (Lipinski definition) is 0. The van der Waals surface area contributed by atoms with Crippen molar-refractivity contribution in [2.75, 3.05) is 21.3 Å². The molecule has 0 aliphatic rings. The molecule has 0 heterocycles. The molecule has 2 rings (SSSR count). The van der Waals surface area contributed by atoms with Crippen LogP contribution in [0.2, 0.25) is 18.1 Å². The largest absolute Gasteiger partial charge is 0.541 e. The van der Waals surface area contributed by atoms with E-state index in [1.165, 1.54) is 0 Å². The molecule has 0 N–H and O–H groups in total. The second kappa shape index (κ2) is 8.62. The van der Waals surface area contributed by atoms with Crippen LogP contribution in [0.3, 0.4) is 0 Å². The number of methoxy groups -OCH3 is 3. The van der Waals surface area contributed by atoms with Gasteiger partial charge in [0.1, 0.15) is 17.2 Å². The van der Waals surface area contributed by atoms with Crippen molar-refractivity contribution in [3.05, 3.63) is 47.5 Å². The summed E-state index contributed by atoms with van der Waals surface area (Å²) in [7, 11) is 2.95. The Labute approximate surface area is 169 Å². The van der Waals surface area contributed by atoms with E-state index >= 15 is 0 Å². The Morgan fingerprint density at radius 3 is 1.79 bits per heavy atom. The maximum absolute atomic E-state index is 6.40. The Bertz CT molecular complexity index is 863. The van der Waals surface area contributed by atoms with Crippen molar-refractivity contribution in [1.29, 1.82) is 0 Å². The van der Waals surface area contributed by atoms with E-state index in [-0.39, 0.29) is 5.04 Å². The van der Waals surface area contributed by atoms with Crippen LogP contribution in [0, 0.1) is 11.8 Å². The van der Waals surface area contributed by atoms with Crippen LogP contribution in [-0.4, -0.2) is 29.6 Å². The van der Waals surface area contributed by atoms with Gasteiger partial charge in [-0.1, -0.05) is 32.6 Å². The Kier molecular flexibility index (Phi) is 6.68. The molecule has 0 saturated carbocycles. The molecule has 28 heavy (non-hydrogen) atoms. The second-order valence-corrected chi connectivity index (χ2v) is 12.8. The molecule has 0 saturated heterocycles. The van der Waals surface area contributed by atoms with Gasteiger partial charge in [-0.05, 0) is 48.5 Å². The SMILES string of the molecule is COc1cc(C#Cc2ccc(O[Si](C)(C)C(C)(C)C)c(OC)c2)cc(OC)c1. The number of rotatable bonds is 5. The molecule has 2 aromatic carbocycles. The van der Waals surface area contributed by atoms with Gasteiger partial charge in [0.2, 0.25) is 0 Å². The van der Waals surface area contributed by atoms with E-state index in [9.17, 15) is 0 Å². The summed E-state index contributed by atoms with van der Waals surface area (Å²) < 4.78 is 22.5. The van der Waals surface area contributed by atoms with E-state index in [0.717, 1.165) is 16.9 Å². The maximum Gasteiger partial charge on any atom is 0.250 e. The summed E-state index contributed by atoms with van der Waals surface area (Å²) in [6, 6.07) is 11.4. The van der Waals surface area contributed by atoms with Crippen molar-refractivity contribution >= 4 is 8.32 Å². The third kappa shape index (κ3) is 5.23. The van der Waals surface area contributed by atoms with Gasteiger partial charge in [-0.2, -0.15) is 0 Å². The first-order chi connectivity index (χ1) is 13.1. The van der Waals surface area contributed by atoms with Crippen LogP contribution in [0.5, 0.6) is 23.0 Å². The molecular weight excluding hydrogens is 368 g/mol. The summed E-state index contributed by atoms with van der Waals surface area (Å²) in [6.45, 7) is 11.1. The normalized spacial score (nSPS) is 11.3. The maximum atomic E-state index is 6.40. The van der Waals surface area contributed by atoms with Gasteiger partial charge in [-0.3, -0.25) is 0 Å². The first-order valence-corrected chi connectivity index (χ1v) is 12.1. The molecular formula is C23H30O4Si. The first kappa shape index (κ1) is 21.7. The molecule has 2 aromatic rings. The van der Waals surface area contributed by atoms with Crippen molar-refractivity contribution in [3.63, 3.8) is 0 Å². The number of hydrogen-bond acceptors (Lipinski definition) is 4. The smallest absolute Gasteiger partial charge is 0.250 e. The molecule has 5 heteroatoms. The lowest BCUT2D eigenvalue weighted by atomic mass is 10.1. The van der Waals surface area contributed by atoms with Gasteiger partial charge >= 0.3 is 0 Å². The average Bonchev–Trinajstić information content (AvgIpc) is 2.65. The lowest BCUT2D eigenvalue weighted by Crippen LogP contribution is -2.43. The van der Waals surface area contributed by atoms with Crippen LogP contribution in [-0.2, 0) is 0 Å². The molecule has 0 bridgehead atoms. The number of ether oxygens (including phenoxy) is 3. The summed E-state index contributed by atoms with van der Waals surface area (Å²) in [4.78, 5) is 0. The van der Waals surface area contributed by atoms with Gasteiger partial charge < -0.3 is 18.6 Å². The molecule has 0 aliphatic heterocycles. The minimum Gasteiger partial charge on any atom is -0.541 e. The van der Waals surface area contributed by atoms with Crippen LogP contribution in [0.15, 0.2) is 36.4 Å². The summed E-state index contributed by atoms with van der Waals surface area (Å²) in [6.07, 6.45) is 0. The Morgan fingerprint density at radius 2 is 1.29 bits per heavy atom. The highest BCUT2D eigenvalue weighted by Gasteiger charge is 2.39. The van der Waals surface area contributed by atoms with Crippen molar-refractivity contribution in [2.45, 2.75) is 38.9 Å². The van der Waals surface area contributed by atoms with E-state index in [1.807, 2.05) is 36.4 Å². The topological polar surface area (TPSA) is 36.9 Å². The second-order valence-electron chi connectivity index (χ2n) is 8.08. The van der Waals surface area contributed by atoms with Crippen molar-refractivity contribution < 1.29 is 18.6 Å². The zero-order chi connectivity index (χ0) is 20.9. The predicted molar refractivity (Wildman–Crippen MR) is 116 cm³/mol. The zero-order valence-corrected chi connectivity index (χ0v) is 19.1. The fraction of sp³-hybridized carbons (Fsp3) is 0.391. The van der Waals surface area contributed by atoms with Crippen LogP contribution in [0.1, 0.15) is 31.9 Å². The molecule has 0 spiro atoms. The quantitative estimate of drug-likeness (QED) is 0.492. The van der Waals surface area contributed by atoms with Gasteiger partial charge in [0.05, 0.1) is 21.3 Å². The van der Waals surface area contributed by atoms with Crippen LogP contribution < -0.4 is 18.6 Å². The van der Waals surface area contributed by atoms with Crippen molar-refractivity contribution in [3.8, 4) is 34.8 Å². The van der Waals surface area contributed by atoms with E-state index in [0.29, 0.717) is 17.2 Å². The number of benzene rings is 2. The zero-order valence-electron chi connectivity index (χ0n) is 18.1. The highest BCUT2D eigenvalue weighted by molar-refractivity contribution is 6.74. The van der Waals surface area contributed by atoms with E-state index < -0.39 is 8.32 Å². The fourth-order valence-electron chi connectivity index (χ4n) is 2.28. The van der Waals surface area contributed by atoms with Gasteiger partial charge in [0, 0.05) is 17.2 Å². The molecule has 0 unspecified atom stereocenters. The van der Waals surface area contributed by atoms with Gasteiger partial charge in [0.25, 0.3) is 8.32 Å². The molecule has 0 aromatic heterocycles. The summed E-state index contributed by atoms with van der Waals surface area (Å²) in [5.41, 5.74) is 1.66. The van der Waals surface area contributed by atoms with Crippen LogP contribution in [0.25, 0.3) is 0 Å². The highest BCUT2D eigenvalue weighted by atomic mass is 28.4. The standard InChI is InChI=1S/C23H30O4Si/c1-23(2,3)28(7,8)27-21-12-11-17(15-22(21)26-6)9-10-18-13-19(24-4)16-20(14-18)25-5/h11-16H,1-8H3. The minimum absolute atomic E-state index is 0.113. The lowest BCUT2D eigenvalue weighted by Gasteiger charge is -2.36. The monoisotopic (exact) mass is 398 g/mol. The molecule has 0 atom stereocenters. The minimum atomic E-state index is -1.95. The van der Waals surface area contributed by atoms with Gasteiger partial charge in [-0.25, -0.2) is 0 Å². The summed E-state index contributed by atoms with van der Waals surface area (Å²) in [5.74, 6) is 9.21. The fourth-order valence-corrected chi connectivity index (χ4v) is 3.31. The molecule has 0 radical (unpaired) electrons. The Hall–Kier alpha value is -2.58. The van der Waals surface area contributed by atoms with E-state index in [1.54, 1.807) is 21.3 Å². The highest BCUT2D eigenvalue weighted by Crippen LogP contribution is 2.40. The van der Waals surface area contributed by atoms with E-state index in [4.69, 9.17) is 18.6 Å². The Balaban J connectivity index is 2.32. The molecule has 0 aliphatic carbocycles. The van der Waals surface area contributed by atoms with Crippen LogP contribution in [0.4, 0.5) is 0 Å². The average molecular weight is 399 g/mol. The Morgan fingerprint density at radius 1 is 0.714 bits per heavy atom. The van der Waals surface area contributed by atoms with Gasteiger partial charge in [0.15, 0.2) is 5.75 Å². The third-order valence-corrected chi connectivity index (χ3v) is 9.38. The molecule has 0 amide bonds. The third-order valence-electron chi connectivity index (χ3n) is 5.04. The first-order valence-electron chi connectivity index (χ1n) is 9.22. The summed E-state index contributed by atoms with van der Waals surface area (Å²) >= 11 is 0. The van der Waals surface area contributed by atoms with E-state index in [2.05, 4.69) is 45.7 Å². The molecule has 0 fully saturated rings. The van der Waals surface area contributed by atoms with Crippen LogP contribution >= 0.6 is 0 Å². The van der Waals surface area contributed by atoms with Gasteiger partial charge in [-0.15, -0.1) is 0 Å². The molecule has 150 valence electrons. The van der Waals surface area contributed by atoms with Crippen molar-refractivity contribution in [1.82, 2.24) is 0 Å². The summed E-state index contributed by atoms with van der Waals surface area (Å²) in [5, 5.41) is 0.113. The predicted octanol–water partition coefficient (Wildman–Crippen LogP) is 5.50. The molecule has 4 nitrogen and oxygen atoms in total.